The predicted molar refractivity (Wildman–Crippen MR) is 114 cm³/mol. The van der Waals surface area contributed by atoms with Crippen LogP contribution in [0.25, 0.3) is 11.1 Å². The lowest BCUT2D eigenvalue weighted by Crippen LogP contribution is -2.12. The maximum absolute atomic E-state index is 14.7. The number of benzene rings is 3. The van der Waals surface area contributed by atoms with E-state index in [4.69, 9.17) is 20.0 Å². The molecule has 0 aliphatic rings. The summed E-state index contributed by atoms with van der Waals surface area (Å²) in [5.74, 6) is -2.56. The molecule has 0 atom stereocenters. The van der Waals surface area contributed by atoms with E-state index in [2.05, 4.69) is 5.48 Å². The van der Waals surface area contributed by atoms with Crippen molar-refractivity contribution >= 4 is 17.3 Å². The molecule has 0 radical (unpaired) electrons. The second-order valence-corrected chi connectivity index (χ2v) is 6.64. The molecule has 0 aromatic heterocycles. The first-order valence-electron chi connectivity index (χ1n) is 9.56. The first-order valence-corrected chi connectivity index (χ1v) is 9.56. The van der Waals surface area contributed by atoms with Crippen LogP contribution >= 0.6 is 0 Å². The molecule has 0 aliphatic heterocycles. The molecule has 0 fully saturated rings. The second kappa shape index (κ2) is 9.90. The minimum absolute atomic E-state index is 0.105. The number of nitrogen functional groups attached to an aromatic ring is 1. The van der Waals surface area contributed by atoms with Gasteiger partial charge in [-0.3, -0.25) is 10.3 Å². The zero-order chi connectivity index (χ0) is 22.4. The molecule has 0 unspecified atom stereocenters. The third-order valence-corrected chi connectivity index (χ3v) is 4.31. The summed E-state index contributed by atoms with van der Waals surface area (Å²) in [7, 11) is 1.45. The lowest BCUT2D eigenvalue weighted by atomic mass is 10.0. The third-order valence-electron chi connectivity index (χ3n) is 4.31. The Hall–Kier alpha value is -3.65. The number of hydrogen-bond donors (Lipinski definition) is 2. The number of halogens is 2. The Balaban J connectivity index is 1.84. The van der Waals surface area contributed by atoms with Crippen molar-refractivity contribution in [2.24, 2.45) is 0 Å². The minimum Gasteiger partial charge on any atom is -0.493 e. The van der Waals surface area contributed by atoms with Crippen molar-refractivity contribution in [3.8, 4) is 22.6 Å². The van der Waals surface area contributed by atoms with E-state index in [1.54, 1.807) is 24.3 Å². The van der Waals surface area contributed by atoms with Crippen LogP contribution in [-0.2, 0) is 4.84 Å². The molecule has 0 amide bonds. The molecule has 0 saturated carbocycles. The number of nitrogens with two attached hydrogens (primary N) is 1. The van der Waals surface area contributed by atoms with Crippen LogP contribution < -0.4 is 20.7 Å². The van der Waals surface area contributed by atoms with Gasteiger partial charge < -0.3 is 15.2 Å². The number of anilines is 2. The van der Waals surface area contributed by atoms with Crippen LogP contribution in [0.2, 0.25) is 0 Å². The van der Waals surface area contributed by atoms with E-state index in [0.717, 1.165) is 18.6 Å². The molecule has 31 heavy (non-hydrogen) atoms. The minimum atomic E-state index is -0.866. The van der Waals surface area contributed by atoms with Crippen molar-refractivity contribution in [1.29, 1.82) is 0 Å². The number of esters is 1. The molecule has 0 heterocycles. The summed E-state index contributed by atoms with van der Waals surface area (Å²) in [6.45, 7) is 2.29. The molecule has 3 aromatic carbocycles. The van der Waals surface area contributed by atoms with E-state index in [0.29, 0.717) is 23.5 Å². The van der Waals surface area contributed by atoms with Gasteiger partial charge in [0.2, 0.25) is 0 Å². The summed E-state index contributed by atoms with van der Waals surface area (Å²) in [6, 6.07) is 12.7. The summed E-state index contributed by atoms with van der Waals surface area (Å²) in [4.78, 5) is 17.4. The van der Waals surface area contributed by atoms with Crippen LogP contribution in [0, 0.1) is 11.6 Å². The van der Waals surface area contributed by atoms with Gasteiger partial charge in [-0.25, -0.2) is 13.6 Å². The van der Waals surface area contributed by atoms with Crippen LogP contribution in [-0.4, -0.2) is 19.7 Å². The zero-order valence-corrected chi connectivity index (χ0v) is 17.1. The lowest BCUT2D eigenvalue weighted by Gasteiger charge is -2.13. The summed E-state index contributed by atoms with van der Waals surface area (Å²) in [6.07, 6.45) is 0.726. The summed E-state index contributed by atoms with van der Waals surface area (Å²) in [5.41, 5.74) is 9.60. The monoisotopic (exact) mass is 428 g/mol. The van der Waals surface area contributed by atoms with E-state index in [1.165, 1.54) is 25.3 Å². The van der Waals surface area contributed by atoms with Crippen LogP contribution in [0.15, 0.2) is 54.6 Å². The number of rotatable bonds is 8. The molecule has 0 saturated heterocycles. The van der Waals surface area contributed by atoms with Gasteiger partial charge in [0, 0.05) is 23.9 Å². The number of carbonyl (C=O) groups is 1. The van der Waals surface area contributed by atoms with E-state index >= 15 is 0 Å². The Morgan fingerprint density at radius 3 is 2.32 bits per heavy atom. The zero-order valence-electron chi connectivity index (χ0n) is 17.1. The quantitative estimate of drug-likeness (QED) is 0.222. The Morgan fingerprint density at radius 1 is 1.03 bits per heavy atom. The summed E-state index contributed by atoms with van der Waals surface area (Å²) in [5, 5.41) is 0. The van der Waals surface area contributed by atoms with E-state index < -0.39 is 17.6 Å². The van der Waals surface area contributed by atoms with Gasteiger partial charge in [-0.15, -0.1) is 0 Å². The Labute approximate surface area is 178 Å². The van der Waals surface area contributed by atoms with E-state index in [1.807, 2.05) is 6.92 Å². The van der Waals surface area contributed by atoms with Gasteiger partial charge in [-0.05, 0) is 36.2 Å². The average molecular weight is 428 g/mol. The highest BCUT2D eigenvalue weighted by molar-refractivity contribution is 5.94. The number of carbonyl (C=O) groups excluding carboxylic acids is 1. The Kier molecular flexibility index (Phi) is 7.04. The normalized spacial score (nSPS) is 10.6. The maximum atomic E-state index is 14.7. The molecule has 3 N–H and O–H groups in total. The molecule has 162 valence electrons. The fraction of sp³-hybridized carbons (Fsp3) is 0.174. The molecular formula is C23H22F2N2O4. The highest BCUT2D eigenvalue weighted by atomic mass is 19.1. The highest BCUT2D eigenvalue weighted by Gasteiger charge is 2.19. The molecule has 0 spiro atoms. The topological polar surface area (TPSA) is 82.8 Å². The largest absolute Gasteiger partial charge is 0.493 e. The Bertz CT molecular complexity index is 1050. The van der Waals surface area contributed by atoms with Gasteiger partial charge in [0.15, 0.2) is 0 Å². The van der Waals surface area contributed by atoms with E-state index in [-0.39, 0.29) is 22.6 Å². The smallest absolute Gasteiger partial charge is 0.347 e. The second-order valence-electron chi connectivity index (χ2n) is 6.64. The molecule has 8 heteroatoms. The van der Waals surface area contributed by atoms with Gasteiger partial charge in [-0.1, -0.05) is 19.1 Å². The van der Waals surface area contributed by atoms with Gasteiger partial charge >= 0.3 is 5.97 Å². The molecule has 6 nitrogen and oxygen atoms in total. The highest BCUT2D eigenvalue weighted by Crippen LogP contribution is 2.31. The fourth-order valence-corrected chi connectivity index (χ4v) is 2.91. The van der Waals surface area contributed by atoms with Crippen molar-refractivity contribution in [2.75, 3.05) is 24.9 Å². The molecule has 0 bridgehead atoms. The van der Waals surface area contributed by atoms with Crippen LogP contribution in [0.1, 0.15) is 23.7 Å². The molecule has 3 aromatic rings. The first kappa shape index (κ1) is 22.0. The van der Waals surface area contributed by atoms with Crippen molar-refractivity contribution < 1.29 is 27.9 Å². The predicted octanol–water partition coefficient (Wildman–Crippen LogP) is 5.20. The van der Waals surface area contributed by atoms with E-state index in [9.17, 15) is 13.6 Å². The first-order chi connectivity index (χ1) is 14.9. The summed E-state index contributed by atoms with van der Waals surface area (Å²) < 4.78 is 40.1. The third kappa shape index (κ3) is 5.29. The van der Waals surface area contributed by atoms with Crippen molar-refractivity contribution in [3.05, 3.63) is 71.8 Å². The van der Waals surface area contributed by atoms with Gasteiger partial charge in [0.1, 0.15) is 28.7 Å². The van der Waals surface area contributed by atoms with Gasteiger partial charge in [-0.2, -0.15) is 0 Å². The van der Waals surface area contributed by atoms with Crippen molar-refractivity contribution in [3.63, 3.8) is 0 Å². The van der Waals surface area contributed by atoms with Crippen LogP contribution in [0.3, 0.4) is 0 Å². The number of hydrogen-bond acceptors (Lipinski definition) is 6. The number of nitrogens with one attached hydrogen (secondary N) is 1. The van der Waals surface area contributed by atoms with Gasteiger partial charge in [0.25, 0.3) is 0 Å². The SMILES string of the molecule is CCCOc1cc(N)ccc1C(=O)Oc1cc(F)c(-c2ccc(NOC)cc2)c(F)c1. The number of ether oxygens (including phenoxy) is 2. The standard InChI is InChI=1S/C23H22F2N2O4/c1-3-10-30-21-11-15(26)6-9-18(21)23(28)31-17-12-19(24)22(20(25)13-17)14-4-7-16(8-5-14)27-29-2/h4-9,11-13,27H,3,10,26H2,1-2H3. The van der Waals surface area contributed by atoms with Crippen LogP contribution in [0.5, 0.6) is 11.5 Å². The lowest BCUT2D eigenvalue weighted by molar-refractivity contribution is 0.0729. The maximum Gasteiger partial charge on any atom is 0.347 e. The van der Waals surface area contributed by atoms with Gasteiger partial charge in [0.05, 0.1) is 25.0 Å². The fourth-order valence-electron chi connectivity index (χ4n) is 2.91. The molecule has 0 aliphatic carbocycles. The summed E-state index contributed by atoms with van der Waals surface area (Å²) >= 11 is 0. The Morgan fingerprint density at radius 2 is 1.71 bits per heavy atom. The van der Waals surface area contributed by atoms with Crippen molar-refractivity contribution in [1.82, 2.24) is 0 Å². The molecule has 3 rings (SSSR count). The van der Waals surface area contributed by atoms with Crippen LogP contribution in [0.4, 0.5) is 20.2 Å². The molecular weight excluding hydrogens is 406 g/mol. The average Bonchev–Trinajstić information content (AvgIpc) is 2.73. The van der Waals surface area contributed by atoms with Crippen molar-refractivity contribution in [2.45, 2.75) is 13.3 Å².